The number of aromatic nitrogens is 1. The van der Waals surface area contributed by atoms with Gasteiger partial charge in [-0.15, -0.1) is 22.7 Å². The number of thiazole rings is 1. The molecule has 0 radical (unpaired) electrons. The third-order valence-electron chi connectivity index (χ3n) is 3.39. The minimum absolute atomic E-state index is 0.0536. The van der Waals surface area contributed by atoms with Gasteiger partial charge in [0, 0.05) is 23.3 Å². The summed E-state index contributed by atoms with van der Waals surface area (Å²) in [6, 6.07) is 13.6. The average molecular weight is 383 g/mol. The zero-order chi connectivity index (χ0) is 18.4. The number of amides is 2. The van der Waals surface area contributed by atoms with Gasteiger partial charge in [-0.3, -0.25) is 14.9 Å². The molecule has 132 valence electrons. The molecular weight excluding hydrogens is 366 g/mol. The number of hydrogen-bond acceptors (Lipinski definition) is 5. The van der Waals surface area contributed by atoms with Crippen molar-refractivity contribution in [2.45, 2.75) is 13.5 Å². The molecule has 2 aromatic heterocycles. The Balaban J connectivity index is 1.60. The Labute approximate surface area is 159 Å². The van der Waals surface area contributed by atoms with Gasteiger partial charge in [0.05, 0.1) is 17.1 Å². The van der Waals surface area contributed by atoms with Crippen molar-refractivity contribution in [2.24, 2.45) is 0 Å². The number of hydrogen-bond donors (Lipinski definition) is 2. The first-order valence-electron chi connectivity index (χ1n) is 7.93. The number of nitrogens with one attached hydrogen (secondary N) is 2. The second-order valence-corrected chi connectivity index (χ2v) is 7.47. The molecule has 0 spiro atoms. The summed E-state index contributed by atoms with van der Waals surface area (Å²) in [5, 5.41) is 8.02. The fourth-order valence-corrected chi connectivity index (χ4v) is 3.85. The van der Waals surface area contributed by atoms with Gasteiger partial charge in [-0.05, 0) is 23.8 Å². The lowest BCUT2D eigenvalue weighted by Gasteiger charge is -1.97. The highest BCUT2D eigenvalue weighted by molar-refractivity contribution is 7.17. The fraction of sp³-hybridized carbons (Fsp3) is 0.105. The van der Waals surface area contributed by atoms with Crippen molar-refractivity contribution in [3.05, 3.63) is 64.4 Å². The molecule has 0 aliphatic heterocycles. The van der Waals surface area contributed by atoms with E-state index in [-0.39, 0.29) is 11.8 Å². The van der Waals surface area contributed by atoms with Gasteiger partial charge in [-0.2, -0.15) is 0 Å². The van der Waals surface area contributed by atoms with Gasteiger partial charge in [0.25, 0.3) is 0 Å². The standard InChI is InChI=1S/C19H17N3O2S2/c1-13(23)20-11-15-8-9-17(26-15)16-12-25-19(21-16)22-18(24)10-7-14-5-3-2-4-6-14/h2-10,12H,11H2,1H3,(H,20,23)(H,21,22,24)/b10-7+. The van der Waals surface area contributed by atoms with Crippen molar-refractivity contribution < 1.29 is 9.59 Å². The Hall–Kier alpha value is -2.77. The number of benzene rings is 1. The highest BCUT2D eigenvalue weighted by Gasteiger charge is 2.09. The molecule has 3 aromatic rings. The minimum atomic E-state index is -0.215. The third-order valence-corrected chi connectivity index (χ3v) is 5.25. The molecular formula is C19H17N3O2S2. The van der Waals surface area contributed by atoms with Crippen LogP contribution in [0.25, 0.3) is 16.6 Å². The van der Waals surface area contributed by atoms with Crippen molar-refractivity contribution >= 4 is 45.7 Å². The normalized spacial score (nSPS) is 10.8. The maximum Gasteiger partial charge on any atom is 0.250 e. The van der Waals surface area contributed by atoms with Crippen LogP contribution in [0.15, 0.2) is 53.9 Å². The largest absolute Gasteiger partial charge is 0.351 e. The zero-order valence-electron chi connectivity index (χ0n) is 14.1. The molecule has 3 rings (SSSR count). The highest BCUT2D eigenvalue weighted by atomic mass is 32.1. The van der Waals surface area contributed by atoms with Gasteiger partial charge in [0.15, 0.2) is 5.13 Å². The average Bonchev–Trinajstić information content (AvgIpc) is 3.28. The molecule has 0 saturated carbocycles. The maximum absolute atomic E-state index is 12.0. The lowest BCUT2D eigenvalue weighted by molar-refractivity contribution is -0.119. The molecule has 0 fully saturated rings. The molecule has 2 heterocycles. The van der Waals surface area contributed by atoms with Crippen molar-refractivity contribution in [3.8, 4) is 10.6 Å². The van der Waals surface area contributed by atoms with Gasteiger partial charge >= 0.3 is 0 Å². The monoisotopic (exact) mass is 383 g/mol. The number of nitrogens with zero attached hydrogens (tertiary/aromatic N) is 1. The first-order chi connectivity index (χ1) is 12.6. The van der Waals surface area contributed by atoms with Crippen molar-refractivity contribution in [1.29, 1.82) is 0 Å². The summed E-state index contributed by atoms with van der Waals surface area (Å²) in [5.41, 5.74) is 1.78. The summed E-state index contributed by atoms with van der Waals surface area (Å²) >= 11 is 2.95. The quantitative estimate of drug-likeness (QED) is 0.628. The summed E-state index contributed by atoms with van der Waals surface area (Å²) in [6.45, 7) is 2.01. The van der Waals surface area contributed by atoms with Gasteiger partial charge in [0.2, 0.25) is 11.8 Å². The van der Waals surface area contributed by atoms with E-state index in [2.05, 4.69) is 15.6 Å². The Bertz CT molecular complexity index is 929. The van der Waals surface area contributed by atoms with Gasteiger partial charge in [-0.25, -0.2) is 4.98 Å². The molecule has 7 heteroatoms. The molecule has 0 unspecified atom stereocenters. The van der Waals surface area contributed by atoms with Gasteiger partial charge in [0.1, 0.15) is 0 Å². The summed E-state index contributed by atoms with van der Waals surface area (Å²) in [4.78, 5) is 29.5. The Kier molecular flexibility index (Phi) is 5.93. The van der Waals surface area contributed by atoms with Gasteiger partial charge in [-0.1, -0.05) is 30.3 Å². The van der Waals surface area contributed by atoms with Crippen LogP contribution in [-0.2, 0) is 16.1 Å². The molecule has 0 aliphatic rings. The van der Waals surface area contributed by atoms with Crippen LogP contribution in [0.2, 0.25) is 0 Å². The van der Waals surface area contributed by atoms with Crippen LogP contribution in [0.4, 0.5) is 5.13 Å². The third kappa shape index (κ3) is 5.11. The van der Waals surface area contributed by atoms with Crippen LogP contribution in [0.3, 0.4) is 0 Å². The predicted octanol–water partition coefficient (Wildman–Crippen LogP) is 4.16. The highest BCUT2D eigenvalue weighted by Crippen LogP contribution is 2.30. The van der Waals surface area contributed by atoms with E-state index < -0.39 is 0 Å². The Morgan fingerprint density at radius 3 is 2.73 bits per heavy atom. The number of anilines is 1. The number of rotatable bonds is 6. The second-order valence-electron chi connectivity index (χ2n) is 5.45. The van der Waals surface area contributed by atoms with E-state index in [0.29, 0.717) is 11.7 Å². The SMILES string of the molecule is CC(=O)NCc1ccc(-c2csc(NC(=O)/C=C/c3ccccc3)n2)s1. The number of carbonyl (C=O) groups excluding carboxylic acids is 2. The maximum atomic E-state index is 12.0. The predicted molar refractivity (Wildman–Crippen MR) is 107 cm³/mol. The smallest absolute Gasteiger partial charge is 0.250 e. The van der Waals surface area contributed by atoms with Crippen molar-refractivity contribution in [2.75, 3.05) is 5.32 Å². The van der Waals surface area contributed by atoms with E-state index in [1.807, 2.05) is 47.8 Å². The summed E-state index contributed by atoms with van der Waals surface area (Å²) in [7, 11) is 0. The zero-order valence-corrected chi connectivity index (χ0v) is 15.7. The van der Waals surface area contributed by atoms with Crippen LogP contribution >= 0.6 is 22.7 Å². The van der Waals surface area contributed by atoms with Crippen LogP contribution in [-0.4, -0.2) is 16.8 Å². The molecule has 2 amide bonds. The van der Waals surface area contributed by atoms with Crippen LogP contribution in [0.5, 0.6) is 0 Å². The molecule has 5 nitrogen and oxygen atoms in total. The summed E-state index contributed by atoms with van der Waals surface area (Å²) < 4.78 is 0. The molecule has 0 bridgehead atoms. The lowest BCUT2D eigenvalue weighted by atomic mass is 10.2. The fourth-order valence-electron chi connectivity index (χ4n) is 2.15. The molecule has 0 saturated heterocycles. The first kappa shape index (κ1) is 18.0. The molecule has 0 aliphatic carbocycles. The van der Waals surface area contributed by atoms with E-state index in [0.717, 1.165) is 21.0 Å². The van der Waals surface area contributed by atoms with Crippen LogP contribution < -0.4 is 10.6 Å². The topological polar surface area (TPSA) is 71.1 Å². The number of thiophene rings is 1. The van der Waals surface area contributed by atoms with E-state index in [1.54, 1.807) is 17.4 Å². The molecule has 26 heavy (non-hydrogen) atoms. The van der Waals surface area contributed by atoms with Crippen molar-refractivity contribution in [3.63, 3.8) is 0 Å². The second kappa shape index (κ2) is 8.55. The van der Waals surface area contributed by atoms with E-state index in [4.69, 9.17) is 0 Å². The lowest BCUT2D eigenvalue weighted by Crippen LogP contribution is -2.17. The number of carbonyl (C=O) groups is 2. The Morgan fingerprint density at radius 1 is 1.15 bits per heavy atom. The molecule has 0 atom stereocenters. The van der Waals surface area contributed by atoms with Crippen molar-refractivity contribution in [1.82, 2.24) is 10.3 Å². The summed E-state index contributed by atoms with van der Waals surface area (Å²) in [6.07, 6.45) is 3.25. The van der Waals surface area contributed by atoms with E-state index in [9.17, 15) is 9.59 Å². The van der Waals surface area contributed by atoms with E-state index >= 15 is 0 Å². The van der Waals surface area contributed by atoms with Gasteiger partial charge < -0.3 is 5.32 Å². The molecule has 2 N–H and O–H groups in total. The van der Waals surface area contributed by atoms with Crippen LogP contribution in [0, 0.1) is 0 Å². The molecule has 1 aromatic carbocycles. The first-order valence-corrected chi connectivity index (χ1v) is 9.63. The van der Waals surface area contributed by atoms with Crippen LogP contribution in [0.1, 0.15) is 17.4 Å². The Morgan fingerprint density at radius 2 is 1.96 bits per heavy atom. The summed E-state index contributed by atoms with van der Waals surface area (Å²) in [5.74, 6) is -0.269. The minimum Gasteiger partial charge on any atom is -0.351 e. The van der Waals surface area contributed by atoms with E-state index in [1.165, 1.54) is 24.3 Å².